The number of nitrogens with zero attached hydrogens (tertiary/aromatic N) is 2. The predicted molar refractivity (Wildman–Crippen MR) is 85.9 cm³/mol. The summed E-state index contributed by atoms with van der Waals surface area (Å²) in [5, 5.41) is 13.3. The second-order valence-electron chi connectivity index (χ2n) is 4.81. The fourth-order valence-electron chi connectivity index (χ4n) is 2.40. The van der Waals surface area contributed by atoms with Crippen LogP contribution in [0.1, 0.15) is 12.7 Å². The van der Waals surface area contributed by atoms with Crippen LogP contribution in [-0.4, -0.2) is 14.7 Å². The summed E-state index contributed by atoms with van der Waals surface area (Å²) >= 11 is 6.02. The average molecular weight is 302 g/mol. The van der Waals surface area contributed by atoms with Crippen LogP contribution in [0.2, 0.25) is 5.02 Å². The fourth-order valence-corrected chi connectivity index (χ4v) is 2.57. The van der Waals surface area contributed by atoms with E-state index in [2.05, 4.69) is 21.8 Å². The molecule has 0 aliphatic carbocycles. The van der Waals surface area contributed by atoms with Gasteiger partial charge >= 0.3 is 0 Å². The molecule has 1 aromatic heterocycles. The number of benzene rings is 2. The highest BCUT2D eigenvalue weighted by molar-refractivity contribution is 6.31. The number of halogens is 1. The van der Waals surface area contributed by atoms with Crippen LogP contribution in [-0.2, 0) is 13.1 Å². The minimum atomic E-state index is 0.260. The molecular formula is C16H16ClN3O. The van der Waals surface area contributed by atoms with E-state index < -0.39 is 0 Å². The lowest BCUT2D eigenvalue weighted by Gasteiger charge is -2.08. The van der Waals surface area contributed by atoms with E-state index in [0.29, 0.717) is 11.6 Å². The normalized spacial score (nSPS) is 11.0. The molecule has 5 heteroatoms. The molecule has 3 rings (SSSR count). The van der Waals surface area contributed by atoms with E-state index in [4.69, 9.17) is 11.6 Å². The SMILES string of the molecule is CCn1c(CNc2ccc(O)cc2)nc2cc(Cl)ccc21. The van der Waals surface area contributed by atoms with Gasteiger partial charge in [-0.3, -0.25) is 0 Å². The van der Waals surface area contributed by atoms with Crippen molar-refractivity contribution in [3.05, 3.63) is 53.3 Å². The van der Waals surface area contributed by atoms with Crippen LogP contribution in [0.5, 0.6) is 5.75 Å². The third kappa shape index (κ3) is 2.81. The van der Waals surface area contributed by atoms with Crippen LogP contribution in [0.15, 0.2) is 42.5 Å². The highest BCUT2D eigenvalue weighted by Gasteiger charge is 2.09. The first-order valence-corrected chi connectivity index (χ1v) is 7.22. The number of phenols is 1. The number of fused-ring (bicyclic) bond motifs is 1. The number of hydrogen-bond donors (Lipinski definition) is 2. The standard InChI is InChI=1S/C16H16ClN3O/c1-2-20-15-8-3-11(17)9-14(15)19-16(20)10-18-12-4-6-13(21)7-5-12/h3-9,18,21H,2,10H2,1H3. The van der Waals surface area contributed by atoms with Gasteiger partial charge in [0.25, 0.3) is 0 Å². The minimum absolute atomic E-state index is 0.260. The van der Waals surface area contributed by atoms with E-state index in [1.807, 2.05) is 30.3 Å². The molecule has 4 nitrogen and oxygen atoms in total. The Balaban J connectivity index is 1.87. The lowest BCUT2D eigenvalue weighted by molar-refractivity contribution is 0.475. The largest absolute Gasteiger partial charge is 0.508 e. The third-order valence-corrected chi connectivity index (χ3v) is 3.66. The topological polar surface area (TPSA) is 50.1 Å². The predicted octanol–water partition coefficient (Wildman–Crippen LogP) is 4.03. The Kier molecular flexibility index (Phi) is 3.71. The van der Waals surface area contributed by atoms with Gasteiger partial charge in [-0.15, -0.1) is 0 Å². The first-order chi connectivity index (χ1) is 10.2. The van der Waals surface area contributed by atoms with E-state index >= 15 is 0 Å². The van der Waals surface area contributed by atoms with Gasteiger partial charge in [0.15, 0.2) is 0 Å². The molecule has 0 amide bonds. The van der Waals surface area contributed by atoms with Crippen LogP contribution in [0.3, 0.4) is 0 Å². The number of aromatic nitrogens is 2. The summed E-state index contributed by atoms with van der Waals surface area (Å²) in [6.45, 7) is 3.56. The number of nitrogens with one attached hydrogen (secondary N) is 1. The molecule has 2 N–H and O–H groups in total. The van der Waals surface area contributed by atoms with Crippen molar-refractivity contribution >= 4 is 28.3 Å². The summed E-state index contributed by atoms with van der Waals surface area (Å²) in [4.78, 5) is 4.64. The van der Waals surface area contributed by atoms with Gasteiger partial charge in [-0.05, 0) is 49.4 Å². The van der Waals surface area contributed by atoms with Gasteiger partial charge in [0.1, 0.15) is 11.6 Å². The number of aryl methyl sites for hydroxylation is 1. The maximum atomic E-state index is 9.29. The maximum absolute atomic E-state index is 9.29. The van der Waals surface area contributed by atoms with Gasteiger partial charge < -0.3 is 15.0 Å². The van der Waals surface area contributed by atoms with Gasteiger partial charge in [-0.1, -0.05) is 11.6 Å². The van der Waals surface area contributed by atoms with Crippen molar-refractivity contribution in [1.82, 2.24) is 9.55 Å². The highest BCUT2D eigenvalue weighted by atomic mass is 35.5. The molecule has 0 aliphatic rings. The Morgan fingerprint density at radius 1 is 1.19 bits per heavy atom. The summed E-state index contributed by atoms with van der Waals surface area (Å²) in [5.41, 5.74) is 2.94. The molecule has 0 aliphatic heterocycles. The number of hydrogen-bond acceptors (Lipinski definition) is 3. The van der Waals surface area contributed by atoms with Crippen molar-refractivity contribution < 1.29 is 5.11 Å². The Hall–Kier alpha value is -2.20. The molecule has 1 heterocycles. The van der Waals surface area contributed by atoms with E-state index in [1.54, 1.807) is 12.1 Å². The number of anilines is 1. The number of rotatable bonds is 4. The first kappa shape index (κ1) is 13.8. The van der Waals surface area contributed by atoms with Crippen molar-refractivity contribution in [1.29, 1.82) is 0 Å². The van der Waals surface area contributed by atoms with Crippen molar-refractivity contribution in [3.8, 4) is 5.75 Å². The smallest absolute Gasteiger partial charge is 0.129 e. The average Bonchev–Trinajstić information content (AvgIpc) is 2.83. The first-order valence-electron chi connectivity index (χ1n) is 6.85. The summed E-state index contributed by atoms with van der Waals surface area (Å²) < 4.78 is 2.17. The summed E-state index contributed by atoms with van der Waals surface area (Å²) in [5.74, 6) is 1.22. The lowest BCUT2D eigenvalue weighted by atomic mass is 10.3. The van der Waals surface area contributed by atoms with Gasteiger partial charge in [0.05, 0.1) is 17.6 Å². The number of aromatic hydroxyl groups is 1. The Morgan fingerprint density at radius 2 is 1.95 bits per heavy atom. The van der Waals surface area contributed by atoms with Crippen molar-refractivity contribution in [3.63, 3.8) is 0 Å². The van der Waals surface area contributed by atoms with Crippen LogP contribution in [0, 0.1) is 0 Å². The molecule has 0 unspecified atom stereocenters. The third-order valence-electron chi connectivity index (χ3n) is 3.42. The number of phenolic OH excluding ortho intramolecular Hbond substituents is 1. The molecule has 3 aromatic rings. The van der Waals surface area contributed by atoms with Gasteiger partial charge in [0.2, 0.25) is 0 Å². The highest BCUT2D eigenvalue weighted by Crippen LogP contribution is 2.21. The molecule has 21 heavy (non-hydrogen) atoms. The maximum Gasteiger partial charge on any atom is 0.129 e. The molecule has 0 atom stereocenters. The summed E-state index contributed by atoms with van der Waals surface area (Å²) in [6.07, 6.45) is 0. The Bertz CT molecular complexity index is 765. The molecule has 0 saturated carbocycles. The van der Waals surface area contributed by atoms with Crippen molar-refractivity contribution in [2.75, 3.05) is 5.32 Å². The van der Waals surface area contributed by atoms with Gasteiger partial charge in [-0.2, -0.15) is 0 Å². The molecule has 0 fully saturated rings. The zero-order valence-electron chi connectivity index (χ0n) is 11.7. The molecular weight excluding hydrogens is 286 g/mol. The lowest BCUT2D eigenvalue weighted by Crippen LogP contribution is -2.07. The Labute approximate surface area is 128 Å². The molecule has 2 aromatic carbocycles. The second kappa shape index (κ2) is 5.66. The van der Waals surface area contributed by atoms with E-state index in [1.165, 1.54) is 0 Å². The van der Waals surface area contributed by atoms with Gasteiger partial charge in [-0.25, -0.2) is 4.98 Å². The quantitative estimate of drug-likeness (QED) is 0.715. The van der Waals surface area contributed by atoms with E-state index in [-0.39, 0.29) is 5.75 Å². The molecule has 0 saturated heterocycles. The fraction of sp³-hybridized carbons (Fsp3) is 0.188. The monoisotopic (exact) mass is 301 g/mol. The summed E-state index contributed by atoms with van der Waals surface area (Å²) in [7, 11) is 0. The molecule has 0 radical (unpaired) electrons. The van der Waals surface area contributed by atoms with Crippen molar-refractivity contribution in [2.24, 2.45) is 0 Å². The molecule has 0 spiro atoms. The van der Waals surface area contributed by atoms with Crippen molar-refractivity contribution in [2.45, 2.75) is 20.0 Å². The Morgan fingerprint density at radius 3 is 2.67 bits per heavy atom. The second-order valence-corrected chi connectivity index (χ2v) is 5.24. The zero-order valence-corrected chi connectivity index (χ0v) is 12.4. The molecule has 108 valence electrons. The van der Waals surface area contributed by atoms with E-state index in [0.717, 1.165) is 29.1 Å². The van der Waals surface area contributed by atoms with E-state index in [9.17, 15) is 5.11 Å². The van der Waals surface area contributed by atoms with Gasteiger partial charge in [0, 0.05) is 17.3 Å². The summed E-state index contributed by atoms with van der Waals surface area (Å²) in [6, 6.07) is 12.8. The minimum Gasteiger partial charge on any atom is -0.508 e. The van der Waals surface area contributed by atoms with Crippen LogP contribution in [0.4, 0.5) is 5.69 Å². The van der Waals surface area contributed by atoms with Crippen LogP contribution >= 0.6 is 11.6 Å². The number of imidazole rings is 1. The van der Waals surface area contributed by atoms with Crippen LogP contribution in [0.25, 0.3) is 11.0 Å². The molecule has 0 bridgehead atoms. The van der Waals surface area contributed by atoms with Crippen LogP contribution < -0.4 is 5.32 Å². The zero-order chi connectivity index (χ0) is 14.8.